The Bertz CT molecular complexity index is 466. The van der Waals surface area contributed by atoms with E-state index in [0.29, 0.717) is 19.4 Å². The Morgan fingerprint density at radius 2 is 2.00 bits per heavy atom. The van der Waals surface area contributed by atoms with E-state index in [4.69, 9.17) is 5.26 Å². The highest BCUT2D eigenvalue weighted by molar-refractivity contribution is 5.77. The molecule has 1 saturated heterocycles. The third-order valence-electron chi connectivity index (χ3n) is 3.60. The number of carbonyl (C=O) groups excluding carboxylic acids is 1. The maximum Gasteiger partial charge on any atom is 0.224 e. The molecule has 1 atom stereocenters. The van der Waals surface area contributed by atoms with Crippen LogP contribution in [0.25, 0.3) is 0 Å². The second kappa shape index (κ2) is 6.35. The first-order valence-corrected chi connectivity index (χ1v) is 6.62. The largest absolute Gasteiger partial charge is 0.333 e. The van der Waals surface area contributed by atoms with Gasteiger partial charge in [0.05, 0.1) is 18.5 Å². The molecule has 0 saturated carbocycles. The molecule has 0 spiro atoms. The number of carbonyl (C=O) groups is 1. The number of hydrogen-bond donors (Lipinski definition) is 0. The van der Waals surface area contributed by atoms with Crippen molar-refractivity contribution >= 4 is 5.91 Å². The Balaban J connectivity index is 2.23. The predicted octanol–water partition coefficient (Wildman–Crippen LogP) is 1.81. The minimum absolute atomic E-state index is 0.120. The average Bonchev–Trinajstić information content (AvgIpc) is 2.60. The van der Waals surface area contributed by atoms with Gasteiger partial charge in [0, 0.05) is 26.1 Å². The molecule has 19 heavy (non-hydrogen) atoms. The predicted molar refractivity (Wildman–Crippen MR) is 73.2 cm³/mol. The molecule has 4 nitrogen and oxygen atoms in total. The molecule has 0 N–H and O–H groups in total. The van der Waals surface area contributed by atoms with Crippen molar-refractivity contribution in [3.05, 3.63) is 35.9 Å². The number of likely N-dealkylation sites (N-methyl/N-ethyl adjacent to an activating group) is 1. The maximum atomic E-state index is 12.2. The van der Waals surface area contributed by atoms with Crippen molar-refractivity contribution in [1.29, 1.82) is 5.26 Å². The average molecular weight is 257 g/mol. The summed E-state index contributed by atoms with van der Waals surface area (Å²) in [7, 11) is 2.03. The summed E-state index contributed by atoms with van der Waals surface area (Å²) in [4.78, 5) is 16.3. The smallest absolute Gasteiger partial charge is 0.224 e. The first kappa shape index (κ1) is 13.6. The number of nitriles is 1. The summed E-state index contributed by atoms with van der Waals surface area (Å²) < 4.78 is 0. The van der Waals surface area contributed by atoms with Crippen LogP contribution in [0.1, 0.15) is 24.4 Å². The molecule has 4 heteroatoms. The van der Waals surface area contributed by atoms with E-state index in [2.05, 4.69) is 11.0 Å². The van der Waals surface area contributed by atoms with E-state index in [9.17, 15) is 4.79 Å². The van der Waals surface area contributed by atoms with Gasteiger partial charge in [-0.25, -0.2) is 0 Å². The Hall–Kier alpha value is -1.86. The van der Waals surface area contributed by atoms with Gasteiger partial charge in [-0.3, -0.25) is 4.79 Å². The molecule has 1 aromatic rings. The lowest BCUT2D eigenvalue weighted by molar-refractivity contribution is -0.132. The Labute approximate surface area is 114 Å². The van der Waals surface area contributed by atoms with Crippen LogP contribution in [0.4, 0.5) is 0 Å². The first-order chi connectivity index (χ1) is 9.22. The molecule has 1 heterocycles. The maximum absolute atomic E-state index is 12.2. The SMILES string of the molecule is CN1CCC(=O)N([C@H](CC#N)c2ccccc2)CC1. The summed E-state index contributed by atoms with van der Waals surface area (Å²) in [6, 6.07) is 11.9. The molecular weight excluding hydrogens is 238 g/mol. The third kappa shape index (κ3) is 3.33. The van der Waals surface area contributed by atoms with Gasteiger partial charge in [0.25, 0.3) is 0 Å². The molecule has 100 valence electrons. The summed E-state index contributed by atoms with van der Waals surface area (Å²) in [5.41, 5.74) is 1.04. The van der Waals surface area contributed by atoms with Crippen LogP contribution in [0.3, 0.4) is 0 Å². The lowest BCUT2D eigenvalue weighted by Crippen LogP contribution is -2.36. The second-order valence-corrected chi connectivity index (χ2v) is 4.93. The zero-order chi connectivity index (χ0) is 13.7. The normalized spacial score (nSPS) is 18.7. The Morgan fingerprint density at radius 1 is 1.26 bits per heavy atom. The van der Waals surface area contributed by atoms with Crippen LogP contribution in [-0.2, 0) is 4.79 Å². The lowest BCUT2D eigenvalue weighted by atomic mass is 10.0. The third-order valence-corrected chi connectivity index (χ3v) is 3.60. The Kier molecular flexibility index (Phi) is 4.53. The zero-order valence-corrected chi connectivity index (χ0v) is 11.2. The fourth-order valence-corrected chi connectivity index (χ4v) is 2.44. The monoisotopic (exact) mass is 257 g/mol. The fourth-order valence-electron chi connectivity index (χ4n) is 2.44. The summed E-state index contributed by atoms with van der Waals surface area (Å²) in [5, 5.41) is 9.04. The summed E-state index contributed by atoms with van der Waals surface area (Å²) in [6.07, 6.45) is 0.880. The fraction of sp³-hybridized carbons (Fsp3) is 0.467. The van der Waals surface area contributed by atoms with Crippen molar-refractivity contribution in [3.8, 4) is 6.07 Å². The van der Waals surface area contributed by atoms with E-state index in [1.54, 1.807) is 0 Å². The van der Waals surface area contributed by atoms with Gasteiger partial charge in [-0.2, -0.15) is 5.26 Å². The highest BCUT2D eigenvalue weighted by atomic mass is 16.2. The van der Waals surface area contributed by atoms with Crippen LogP contribution in [0, 0.1) is 11.3 Å². The number of amides is 1. The van der Waals surface area contributed by atoms with Crippen LogP contribution in [0.2, 0.25) is 0 Å². The molecule has 0 radical (unpaired) electrons. The summed E-state index contributed by atoms with van der Waals surface area (Å²) >= 11 is 0. The first-order valence-electron chi connectivity index (χ1n) is 6.62. The molecule has 1 aliphatic heterocycles. The van der Waals surface area contributed by atoms with E-state index < -0.39 is 0 Å². The number of benzene rings is 1. The van der Waals surface area contributed by atoms with Gasteiger partial charge in [0.15, 0.2) is 0 Å². The standard InChI is InChI=1S/C15H19N3O/c1-17-10-8-15(19)18(12-11-17)14(7-9-16)13-5-3-2-4-6-13/h2-6,14H,7-8,10-12H2,1H3/t14-/m1/s1. The van der Waals surface area contributed by atoms with Gasteiger partial charge >= 0.3 is 0 Å². The quantitative estimate of drug-likeness (QED) is 0.829. The van der Waals surface area contributed by atoms with Crippen LogP contribution < -0.4 is 0 Å². The molecule has 1 fully saturated rings. The minimum atomic E-state index is -0.120. The number of rotatable bonds is 3. The molecule has 0 unspecified atom stereocenters. The zero-order valence-electron chi connectivity index (χ0n) is 11.2. The van der Waals surface area contributed by atoms with Gasteiger partial charge in [-0.15, -0.1) is 0 Å². The van der Waals surface area contributed by atoms with Gasteiger partial charge < -0.3 is 9.80 Å². The van der Waals surface area contributed by atoms with Gasteiger partial charge in [-0.1, -0.05) is 30.3 Å². The minimum Gasteiger partial charge on any atom is -0.333 e. The highest BCUT2D eigenvalue weighted by Gasteiger charge is 2.27. The van der Waals surface area contributed by atoms with Crippen LogP contribution in [0.15, 0.2) is 30.3 Å². The van der Waals surface area contributed by atoms with Crippen LogP contribution >= 0.6 is 0 Å². The van der Waals surface area contributed by atoms with Crippen molar-refractivity contribution in [2.75, 3.05) is 26.7 Å². The van der Waals surface area contributed by atoms with E-state index in [-0.39, 0.29) is 11.9 Å². The molecule has 0 bridgehead atoms. The molecule has 1 amide bonds. The van der Waals surface area contributed by atoms with Crippen molar-refractivity contribution in [3.63, 3.8) is 0 Å². The van der Waals surface area contributed by atoms with Gasteiger partial charge in [0.2, 0.25) is 5.91 Å². The van der Waals surface area contributed by atoms with Crippen LogP contribution in [-0.4, -0.2) is 42.4 Å². The van der Waals surface area contributed by atoms with Crippen molar-refractivity contribution in [2.24, 2.45) is 0 Å². The Morgan fingerprint density at radius 3 is 2.68 bits per heavy atom. The number of hydrogen-bond acceptors (Lipinski definition) is 3. The van der Waals surface area contributed by atoms with Crippen molar-refractivity contribution in [2.45, 2.75) is 18.9 Å². The summed E-state index contributed by atoms with van der Waals surface area (Å²) in [5.74, 6) is 0.147. The van der Waals surface area contributed by atoms with E-state index in [0.717, 1.165) is 18.7 Å². The van der Waals surface area contributed by atoms with Gasteiger partial charge in [-0.05, 0) is 12.6 Å². The topological polar surface area (TPSA) is 47.3 Å². The molecule has 0 aromatic heterocycles. The molecule has 0 aliphatic carbocycles. The highest BCUT2D eigenvalue weighted by Crippen LogP contribution is 2.25. The summed E-state index contributed by atoms with van der Waals surface area (Å²) in [6.45, 7) is 2.35. The van der Waals surface area contributed by atoms with Gasteiger partial charge in [0.1, 0.15) is 0 Å². The lowest BCUT2D eigenvalue weighted by Gasteiger charge is -2.29. The molecular formula is C15H19N3O. The molecule has 2 rings (SSSR count). The number of nitrogens with zero attached hydrogens (tertiary/aromatic N) is 3. The molecule has 1 aromatic carbocycles. The van der Waals surface area contributed by atoms with E-state index in [1.807, 2.05) is 42.3 Å². The van der Waals surface area contributed by atoms with Crippen molar-refractivity contribution in [1.82, 2.24) is 9.80 Å². The van der Waals surface area contributed by atoms with Crippen LogP contribution in [0.5, 0.6) is 0 Å². The van der Waals surface area contributed by atoms with E-state index >= 15 is 0 Å². The molecule has 1 aliphatic rings. The van der Waals surface area contributed by atoms with E-state index in [1.165, 1.54) is 0 Å². The second-order valence-electron chi connectivity index (χ2n) is 4.93. The van der Waals surface area contributed by atoms with Crippen molar-refractivity contribution < 1.29 is 4.79 Å².